The predicted octanol–water partition coefficient (Wildman–Crippen LogP) is 4.01. The van der Waals surface area contributed by atoms with Crippen molar-refractivity contribution in [1.82, 2.24) is 4.90 Å². The van der Waals surface area contributed by atoms with Gasteiger partial charge in [-0.15, -0.1) is 11.8 Å². The van der Waals surface area contributed by atoms with Crippen molar-refractivity contribution in [2.75, 3.05) is 12.9 Å². The second kappa shape index (κ2) is 7.88. The molecule has 1 fully saturated rings. The largest absolute Gasteiger partial charge is 0.463 e. The van der Waals surface area contributed by atoms with Gasteiger partial charge < -0.3 is 4.74 Å². The molecule has 2 aliphatic rings. The number of nitrogens with zero attached hydrogens (tertiary/aromatic N) is 2. The lowest BCUT2D eigenvalue weighted by Gasteiger charge is -2.33. The summed E-state index contributed by atoms with van der Waals surface area (Å²) in [6.45, 7) is 5.86. The molecule has 0 unspecified atom stereocenters. The van der Waals surface area contributed by atoms with Crippen molar-refractivity contribution in [3.8, 4) is 0 Å². The molecule has 0 spiro atoms. The number of esters is 1. The summed E-state index contributed by atoms with van der Waals surface area (Å²) in [4.78, 5) is 33.0. The molecule has 2 atom stereocenters. The molecule has 2 aliphatic heterocycles. The highest BCUT2D eigenvalue weighted by molar-refractivity contribution is 8.15. The van der Waals surface area contributed by atoms with Crippen LogP contribution in [0, 0.1) is 0 Å². The molecule has 138 valence electrons. The van der Waals surface area contributed by atoms with Crippen molar-refractivity contribution in [3.05, 3.63) is 41.1 Å². The molecule has 7 heteroatoms. The van der Waals surface area contributed by atoms with E-state index in [2.05, 4.69) is 4.99 Å². The summed E-state index contributed by atoms with van der Waals surface area (Å²) in [7, 11) is 0. The molecule has 0 radical (unpaired) electrons. The molecule has 0 saturated carbocycles. The highest BCUT2D eigenvalue weighted by Crippen LogP contribution is 2.44. The zero-order valence-electron chi connectivity index (χ0n) is 15.3. The van der Waals surface area contributed by atoms with Crippen molar-refractivity contribution in [3.63, 3.8) is 0 Å². The van der Waals surface area contributed by atoms with Crippen LogP contribution >= 0.6 is 23.5 Å². The Morgan fingerprint density at radius 2 is 2.00 bits per heavy atom. The Bertz CT molecular complexity index is 786. The van der Waals surface area contributed by atoms with E-state index in [0.717, 1.165) is 16.9 Å². The number of amides is 1. The molecule has 0 N–H and O–H groups in total. The standard InChI is InChI=1S/C19H22N2O3S2/c1-5-14-17(22)21-16(12-7-9-13(25-4)10-8-12)15(18(23)24-6-2)11(3)20-19(21)26-14/h7-10,14,16H,5-6H2,1-4H3/t14-,16+/m1/s1. The molecular weight excluding hydrogens is 368 g/mol. The first-order valence-electron chi connectivity index (χ1n) is 8.62. The highest BCUT2D eigenvalue weighted by Gasteiger charge is 2.47. The van der Waals surface area contributed by atoms with Gasteiger partial charge in [-0.2, -0.15) is 0 Å². The second-order valence-corrected chi connectivity index (χ2v) is 8.06. The van der Waals surface area contributed by atoms with Gasteiger partial charge in [0.2, 0.25) is 5.91 Å². The fraction of sp³-hybridized carbons (Fsp3) is 0.421. The Balaban J connectivity index is 2.11. The minimum absolute atomic E-state index is 0.00416. The molecule has 26 heavy (non-hydrogen) atoms. The SMILES string of the molecule is CCOC(=O)C1=C(C)N=C2S[C@H](CC)C(=O)N2[C@H]1c1ccc(SC)cc1. The number of carbonyl (C=O) groups excluding carboxylic acids is 2. The Kier molecular flexibility index (Phi) is 5.77. The van der Waals surface area contributed by atoms with Gasteiger partial charge in [0.15, 0.2) is 5.17 Å². The molecule has 5 nitrogen and oxygen atoms in total. The van der Waals surface area contributed by atoms with Gasteiger partial charge in [0, 0.05) is 4.90 Å². The Labute approximate surface area is 162 Å². The van der Waals surface area contributed by atoms with Crippen LogP contribution in [0.1, 0.15) is 38.8 Å². The van der Waals surface area contributed by atoms with E-state index in [9.17, 15) is 9.59 Å². The van der Waals surface area contributed by atoms with E-state index in [4.69, 9.17) is 4.74 Å². The number of hydrogen-bond donors (Lipinski definition) is 0. The molecular formula is C19H22N2O3S2. The minimum Gasteiger partial charge on any atom is -0.463 e. The maximum absolute atomic E-state index is 13.0. The molecule has 1 amide bonds. The number of fused-ring (bicyclic) bond motifs is 1. The number of benzene rings is 1. The van der Waals surface area contributed by atoms with Crippen LogP contribution in [0.3, 0.4) is 0 Å². The number of rotatable bonds is 5. The van der Waals surface area contributed by atoms with Gasteiger partial charge in [-0.1, -0.05) is 30.8 Å². The van der Waals surface area contributed by atoms with Crippen LogP contribution < -0.4 is 0 Å². The zero-order chi connectivity index (χ0) is 18.8. The number of amidine groups is 1. The third kappa shape index (κ3) is 3.30. The number of ether oxygens (including phenoxy) is 1. The topological polar surface area (TPSA) is 59.0 Å². The van der Waals surface area contributed by atoms with Gasteiger partial charge >= 0.3 is 5.97 Å². The second-order valence-electron chi connectivity index (χ2n) is 6.01. The lowest BCUT2D eigenvalue weighted by molar-refractivity contribution is -0.139. The van der Waals surface area contributed by atoms with E-state index in [1.807, 2.05) is 44.4 Å². The predicted molar refractivity (Wildman–Crippen MR) is 106 cm³/mol. The van der Waals surface area contributed by atoms with Crippen LogP contribution in [0.4, 0.5) is 0 Å². The molecule has 3 rings (SSSR count). The number of allylic oxidation sites excluding steroid dienone is 1. The quantitative estimate of drug-likeness (QED) is 0.562. The summed E-state index contributed by atoms with van der Waals surface area (Å²) < 4.78 is 5.27. The third-order valence-corrected chi connectivity index (χ3v) is 6.51. The monoisotopic (exact) mass is 390 g/mol. The lowest BCUT2D eigenvalue weighted by atomic mass is 9.94. The maximum Gasteiger partial charge on any atom is 0.338 e. The minimum atomic E-state index is -0.492. The molecule has 2 heterocycles. The fourth-order valence-electron chi connectivity index (χ4n) is 3.16. The third-order valence-electron chi connectivity index (χ3n) is 4.45. The molecule has 1 saturated heterocycles. The van der Waals surface area contributed by atoms with Gasteiger partial charge in [-0.05, 0) is 44.2 Å². The van der Waals surface area contributed by atoms with Crippen molar-refractivity contribution < 1.29 is 14.3 Å². The molecule has 1 aromatic rings. The Hall–Kier alpha value is -1.73. The van der Waals surface area contributed by atoms with Crippen LogP contribution in [0.5, 0.6) is 0 Å². The van der Waals surface area contributed by atoms with Crippen molar-refractivity contribution in [2.24, 2.45) is 4.99 Å². The average molecular weight is 391 g/mol. The summed E-state index contributed by atoms with van der Waals surface area (Å²) in [5.41, 5.74) is 1.95. The van der Waals surface area contributed by atoms with Crippen LogP contribution in [0.25, 0.3) is 0 Å². The summed E-state index contributed by atoms with van der Waals surface area (Å²) in [5.74, 6) is -0.408. The fourth-order valence-corrected chi connectivity index (χ4v) is 4.70. The number of thioether (sulfide) groups is 2. The van der Waals surface area contributed by atoms with Crippen LogP contribution in [-0.2, 0) is 14.3 Å². The van der Waals surface area contributed by atoms with Gasteiger partial charge in [-0.25, -0.2) is 9.79 Å². The normalized spacial score (nSPS) is 22.4. The van der Waals surface area contributed by atoms with E-state index in [-0.39, 0.29) is 17.8 Å². The maximum atomic E-state index is 13.0. The van der Waals surface area contributed by atoms with E-state index in [1.54, 1.807) is 23.6 Å². The number of hydrogen-bond acceptors (Lipinski definition) is 6. The van der Waals surface area contributed by atoms with E-state index < -0.39 is 12.0 Å². The van der Waals surface area contributed by atoms with Crippen LogP contribution in [-0.4, -0.2) is 40.1 Å². The Morgan fingerprint density at radius 1 is 1.31 bits per heavy atom. The molecule has 0 aromatic heterocycles. The van der Waals surface area contributed by atoms with E-state index in [0.29, 0.717) is 16.4 Å². The van der Waals surface area contributed by atoms with Crippen LogP contribution in [0.15, 0.2) is 45.4 Å². The summed E-state index contributed by atoms with van der Waals surface area (Å²) in [6.07, 6.45) is 2.74. The molecule has 0 bridgehead atoms. The summed E-state index contributed by atoms with van der Waals surface area (Å²) >= 11 is 3.13. The number of aliphatic imine (C=N–C) groups is 1. The lowest BCUT2D eigenvalue weighted by Crippen LogP contribution is -2.40. The highest BCUT2D eigenvalue weighted by atomic mass is 32.2. The smallest absolute Gasteiger partial charge is 0.338 e. The number of carbonyl (C=O) groups is 2. The van der Waals surface area contributed by atoms with Gasteiger partial charge in [0.25, 0.3) is 0 Å². The van der Waals surface area contributed by atoms with Crippen molar-refractivity contribution in [1.29, 1.82) is 0 Å². The first-order valence-corrected chi connectivity index (χ1v) is 10.7. The van der Waals surface area contributed by atoms with E-state index in [1.165, 1.54) is 11.8 Å². The molecule has 0 aliphatic carbocycles. The molecule has 1 aromatic carbocycles. The zero-order valence-corrected chi connectivity index (χ0v) is 16.9. The van der Waals surface area contributed by atoms with Gasteiger partial charge in [0.1, 0.15) is 0 Å². The Morgan fingerprint density at radius 3 is 2.58 bits per heavy atom. The first-order chi connectivity index (χ1) is 12.5. The van der Waals surface area contributed by atoms with Gasteiger partial charge in [-0.3, -0.25) is 9.69 Å². The summed E-state index contributed by atoms with van der Waals surface area (Å²) in [6, 6.07) is 7.48. The summed E-state index contributed by atoms with van der Waals surface area (Å²) in [5, 5.41) is 0.516. The average Bonchev–Trinajstić information content (AvgIpc) is 2.96. The first kappa shape index (κ1) is 19.0. The van der Waals surface area contributed by atoms with Crippen molar-refractivity contribution >= 4 is 40.6 Å². The van der Waals surface area contributed by atoms with Crippen LogP contribution in [0.2, 0.25) is 0 Å². The van der Waals surface area contributed by atoms with Crippen molar-refractivity contribution in [2.45, 2.75) is 43.4 Å². The van der Waals surface area contributed by atoms with Gasteiger partial charge in [0.05, 0.1) is 29.2 Å². The van der Waals surface area contributed by atoms with E-state index >= 15 is 0 Å².